The molecule has 21 heavy (non-hydrogen) atoms. The van der Waals surface area contributed by atoms with E-state index in [-0.39, 0.29) is 17.2 Å². The fourth-order valence-corrected chi connectivity index (χ4v) is 3.89. The number of aromatic nitrogens is 1. The minimum Gasteiger partial charge on any atom is -0.481 e. The minimum atomic E-state index is -3.72. The quantitative estimate of drug-likeness (QED) is 0.889. The molecule has 1 N–H and O–H groups in total. The zero-order valence-electron chi connectivity index (χ0n) is 11.4. The van der Waals surface area contributed by atoms with Gasteiger partial charge in [0, 0.05) is 25.7 Å². The number of nitrogens with zero attached hydrogens (tertiary/aromatic N) is 2. The van der Waals surface area contributed by atoms with E-state index in [9.17, 15) is 17.6 Å². The summed E-state index contributed by atoms with van der Waals surface area (Å²) in [5.74, 6) is -1.30. The molecular weight excluding hydrogens is 299 g/mol. The number of pyridine rings is 1. The van der Waals surface area contributed by atoms with Gasteiger partial charge >= 0.3 is 5.97 Å². The van der Waals surface area contributed by atoms with Crippen LogP contribution in [0.3, 0.4) is 0 Å². The van der Waals surface area contributed by atoms with E-state index >= 15 is 0 Å². The number of rotatable bonds is 5. The molecule has 1 aliphatic rings. The number of carbonyl (C=O) groups is 1. The summed E-state index contributed by atoms with van der Waals surface area (Å²) in [6.07, 6.45) is 3.99. The summed E-state index contributed by atoms with van der Waals surface area (Å²) >= 11 is 0. The highest BCUT2D eigenvalue weighted by Gasteiger charge is 2.29. The molecule has 2 rings (SSSR count). The van der Waals surface area contributed by atoms with Crippen LogP contribution in [-0.4, -0.2) is 41.9 Å². The van der Waals surface area contributed by atoms with E-state index in [1.54, 1.807) is 0 Å². The van der Waals surface area contributed by atoms with Crippen molar-refractivity contribution in [3.8, 4) is 0 Å². The average molecular weight is 316 g/mol. The third-order valence-corrected chi connectivity index (χ3v) is 5.52. The van der Waals surface area contributed by atoms with E-state index in [1.807, 2.05) is 0 Å². The normalized spacial score (nSPS) is 17.8. The van der Waals surface area contributed by atoms with Gasteiger partial charge in [0.2, 0.25) is 10.0 Å². The Labute approximate surface area is 122 Å². The molecule has 1 saturated heterocycles. The van der Waals surface area contributed by atoms with E-state index in [0.717, 1.165) is 18.5 Å². The third-order valence-electron chi connectivity index (χ3n) is 3.66. The van der Waals surface area contributed by atoms with Crippen LogP contribution in [0.15, 0.2) is 23.4 Å². The van der Waals surface area contributed by atoms with Crippen LogP contribution in [0.25, 0.3) is 0 Å². The highest BCUT2D eigenvalue weighted by molar-refractivity contribution is 7.89. The number of carboxylic acid groups (broad SMARTS) is 1. The SMILES string of the molecule is O=C(O)CCC1CCN(S(=O)(=O)c2cncc(F)c2)CC1. The second-order valence-corrected chi connectivity index (χ2v) is 7.06. The summed E-state index contributed by atoms with van der Waals surface area (Å²) in [5, 5.41) is 8.65. The molecule has 8 heteroatoms. The van der Waals surface area contributed by atoms with E-state index in [4.69, 9.17) is 5.11 Å². The molecule has 0 bridgehead atoms. The molecule has 2 heterocycles. The molecule has 0 aliphatic carbocycles. The summed E-state index contributed by atoms with van der Waals surface area (Å²) < 4.78 is 39.1. The van der Waals surface area contributed by atoms with Gasteiger partial charge in [-0.3, -0.25) is 9.78 Å². The van der Waals surface area contributed by atoms with Gasteiger partial charge in [-0.2, -0.15) is 4.31 Å². The lowest BCUT2D eigenvalue weighted by Gasteiger charge is -2.30. The summed E-state index contributed by atoms with van der Waals surface area (Å²) in [7, 11) is -3.72. The van der Waals surface area contributed by atoms with Crippen LogP contribution in [0.4, 0.5) is 4.39 Å². The molecule has 6 nitrogen and oxygen atoms in total. The first-order valence-corrected chi connectivity index (χ1v) is 8.16. The van der Waals surface area contributed by atoms with Crippen LogP contribution in [0.2, 0.25) is 0 Å². The molecule has 0 aromatic carbocycles. The summed E-state index contributed by atoms with van der Waals surface area (Å²) in [4.78, 5) is 13.9. The van der Waals surface area contributed by atoms with Crippen molar-refractivity contribution in [3.63, 3.8) is 0 Å². The number of hydrogen-bond donors (Lipinski definition) is 1. The van der Waals surface area contributed by atoms with Gasteiger partial charge < -0.3 is 5.11 Å². The monoisotopic (exact) mass is 316 g/mol. The van der Waals surface area contributed by atoms with E-state index in [1.165, 1.54) is 4.31 Å². The second-order valence-electron chi connectivity index (χ2n) is 5.12. The zero-order valence-corrected chi connectivity index (χ0v) is 12.2. The maximum Gasteiger partial charge on any atom is 0.303 e. The number of aliphatic carboxylic acids is 1. The lowest BCUT2D eigenvalue weighted by Crippen LogP contribution is -2.38. The Bertz CT molecular complexity index is 612. The van der Waals surface area contributed by atoms with Gasteiger partial charge in [0.1, 0.15) is 10.7 Å². The molecular formula is C13H17FN2O4S. The highest BCUT2D eigenvalue weighted by atomic mass is 32.2. The van der Waals surface area contributed by atoms with Crippen LogP contribution in [0.5, 0.6) is 0 Å². The van der Waals surface area contributed by atoms with E-state index in [0.29, 0.717) is 32.4 Å². The zero-order chi connectivity index (χ0) is 15.5. The van der Waals surface area contributed by atoms with Gasteiger partial charge in [0.15, 0.2) is 0 Å². The first-order valence-electron chi connectivity index (χ1n) is 6.72. The number of piperidine rings is 1. The Balaban J connectivity index is 1.99. The smallest absolute Gasteiger partial charge is 0.303 e. The molecule has 1 aromatic heterocycles. The lowest BCUT2D eigenvalue weighted by molar-refractivity contribution is -0.137. The van der Waals surface area contributed by atoms with Crippen molar-refractivity contribution < 1.29 is 22.7 Å². The van der Waals surface area contributed by atoms with E-state index in [2.05, 4.69) is 4.98 Å². The van der Waals surface area contributed by atoms with Crippen LogP contribution in [-0.2, 0) is 14.8 Å². The maximum atomic E-state index is 13.1. The molecule has 0 atom stereocenters. The number of carboxylic acids is 1. The van der Waals surface area contributed by atoms with Crippen LogP contribution >= 0.6 is 0 Å². The molecule has 0 amide bonds. The van der Waals surface area contributed by atoms with Crippen molar-refractivity contribution in [3.05, 3.63) is 24.3 Å². The Kier molecular flexibility index (Phi) is 4.89. The summed E-state index contributed by atoms with van der Waals surface area (Å²) in [5.41, 5.74) is 0. The third kappa shape index (κ3) is 3.98. The van der Waals surface area contributed by atoms with Crippen LogP contribution in [0.1, 0.15) is 25.7 Å². The Hall–Kier alpha value is -1.54. The lowest BCUT2D eigenvalue weighted by atomic mass is 9.93. The molecule has 0 unspecified atom stereocenters. The van der Waals surface area contributed by atoms with Crippen molar-refractivity contribution in [2.75, 3.05) is 13.1 Å². The molecule has 0 saturated carbocycles. The topological polar surface area (TPSA) is 87.6 Å². The van der Waals surface area contributed by atoms with Crippen LogP contribution in [0, 0.1) is 11.7 Å². The summed E-state index contributed by atoms with van der Waals surface area (Å²) in [6, 6.07) is 0.957. The largest absolute Gasteiger partial charge is 0.481 e. The van der Waals surface area contributed by atoms with Gasteiger partial charge in [0.25, 0.3) is 0 Å². The van der Waals surface area contributed by atoms with Gasteiger partial charge in [0.05, 0.1) is 6.20 Å². The van der Waals surface area contributed by atoms with Crippen LogP contribution < -0.4 is 0 Å². The van der Waals surface area contributed by atoms with Gasteiger partial charge in [-0.15, -0.1) is 0 Å². The predicted octanol–water partition coefficient (Wildman–Crippen LogP) is 1.49. The number of halogens is 1. The molecule has 116 valence electrons. The van der Waals surface area contributed by atoms with Gasteiger partial charge in [-0.25, -0.2) is 12.8 Å². The Morgan fingerprint density at radius 2 is 2.05 bits per heavy atom. The first-order chi connectivity index (χ1) is 9.89. The Morgan fingerprint density at radius 3 is 2.62 bits per heavy atom. The van der Waals surface area contributed by atoms with Gasteiger partial charge in [-0.1, -0.05) is 0 Å². The predicted molar refractivity (Wildman–Crippen MR) is 72.5 cm³/mol. The standard InChI is InChI=1S/C13H17FN2O4S/c14-11-7-12(9-15-8-11)21(19,20)16-5-3-10(4-6-16)1-2-13(17)18/h7-10H,1-6H2,(H,17,18). The van der Waals surface area contributed by atoms with Crippen molar-refractivity contribution >= 4 is 16.0 Å². The van der Waals surface area contributed by atoms with E-state index < -0.39 is 21.8 Å². The van der Waals surface area contributed by atoms with Crippen molar-refractivity contribution in [1.82, 2.24) is 9.29 Å². The second kappa shape index (κ2) is 6.48. The molecule has 1 aliphatic heterocycles. The van der Waals surface area contributed by atoms with Crippen molar-refractivity contribution in [2.24, 2.45) is 5.92 Å². The molecule has 1 fully saturated rings. The molecule has 1 aromatic rings. The fourth-order valence-electron chi connectivity index (χ4n) is 2.45. The maximum absolute atomic E-state index is 13.1. The fraction of sp³-hybridized carbons (Fsp3) is 0.538. The molecule has 0 radical (unpaired) electrons. The average Bonchev–Trinajstić information content (AvgIpc) is 2.45. The van der Waals surface area contributed by atoms with Crippen molar-refractivity contribution in [1.29, 1.82) is 0 Å². The van der Waals surface area contributed by atoms with Crippen molar-refractivity contribution in [2.45, 2.75) is 30.6 Å². The van der Waals surface area contributed by atoms with Gasteiger partial charge in [-0.05, 0) is 31.2 Å². The summed E-state index contributed by atoms with van der Waals surface area (Å²) in [6.45, 7) is 0.645. The minimum absolute atomic E-state index is 0.102. The number of sulfonamides is 1. The number of hydrogen-bond acceptors (Lipinski definition) is 4. The Morgan fingerprint density at radius 1 is 1.38 bits per heavy atom. The first kappa shape index (κ1) is 15.8. The highest BCUT2D eigenvalue weighted by Crippen LogP contribution is 2.26. The molecule has 0 spiro atoms.